The van der Waals surface area contributed by atoms with Crippen LogP contribution in [0.4, 0.5) is 0 Å². The summed E-state index contributed by atoms with van der Waals surface area (Å²) in [5.74, 6) is -0.587. The zero-order valence-corrected chi connectivity index (χ0v) is 6.50. The summed E-state index contributed by atoms with van der Waals surface area (Å²) >= 11 is 0. The molecule has 0 aliphatic carbocycles. The van der Waals surface area contributed by atoms with Crippen molar-refractivity contribution in [2.45, 2.75) is 6.92 Å². The Balaban J connectivity index is 3.56. The van der Waals surface area contributed by atoms with Crippen molar-refractivity contribution in [3.05, 3.63) is 6.42 Å². The minimum Gasteiger partial charge on any atom is -0.396 e. The van der Waals surface area contributed by atoms with Crippen molar-refractivity contribution < 1.29 is 18.1 Å². The van der Waals surface area contributed by atoms with E-state index in [4.69, 9.17) is 9.66 Å². The van der Waals surface area contributed by atoms with Crippen molar-refractivity contribution in [2.75, 3.05) is 12.4 Å². The van der Waals surface area contributed by atoms with Gasteiger partial charge in [0.1, 0.15) is 0 Å². The lowest BCUT2D eigenvalue weighted by atomic mass is 10.1. The standard InChI is InChI=1S/C5H11O4S/c1-5(4-6)2-3-10(7,8)9/h2,5-6H,3-4H2,1H3,(H,7,8,9). The highest BCUT2D eigenvalue weighted by atomic mass is 32.2. The first kappa shape index (κ1) is 9.87. The van der Waals surface area contributed by atoms with Gasteiger partial charge in [0.25, 0.3) is 10.1 Å². The van der Waals surface area contributed by atoms with Crippen molar-refractivity contribution in [1.29, 1.82) is 0 Å². The lowest BCUT2D eigenvalue weighted by Crippen LogP contribution is -2.11. The molecule has 0 aliphatic rings. The normalized spacial score (nSPS) is 15.1. The molecule has 0 heterocycles. The molecule has 1 radical (unpaired) electrons. The molecule has 0 aromatic rings. The third-order valence-corrected chi connectivity index (χ3v) is 1.61. The van der Waals surface area contributed by atoms with Crippen LogP contribution in [0, 0.1) is 12.3 Å². The van der Waals surface area contributed by atoms with E-state index in [-0.39, 0.29) is 12.5 Å². The Bertz CT molecular complexity index is 172. The Morgan fingerprint density at radius 1 is 1.60 bits per heavy atom. The van der Waals surface area contributed by atoms with E-state index in [2.05, 4.69) is 0 Å². The fraction of sp³-hybridized carbons (Fsp3) is 0.800. The monoisotopic (exact) mass is 167 g/mol. The van der Waals surface area contributed by atoms with Crippen LogP contribution in [0.1, 0.15) is 6.92 Å². The van der Waals surface area contributed by atoms with Crippen molar-refractivity contribution in [2.24, 2.45) is 5.92 Å². The van der Waals surface area contributed by atoms with E-state index in [9.17, 15) is 8.42 Å². The van der Waals surface area contributed by atoms with Gasteiger partial charge in [-0.15, -0.1) is 0 Å². The third kappa shape index (κ3) is 6.00. The number of rotatable bonds is 4. The Morgan fingerprint density at radius 2 is 2.10 bits per heavy atom. The van der Waals surface area contributed by atoms with Crippen LogP contribution in [0.3, 0.4) is 0 Å². The summed E-state index contributed by atoms with van der Waals surface area (Å²) in [7, 11) is -3.90. The Labute approximate surface area is 60.6 Å². The van der Waals surface area contributed by atoms with Crippen LogP contribution >= 0.6 is 0 Å². The molecule has 4 nitrogen and oxygen atoms in total. The average molecular weight is 167 g/mol. The summed E-state index contributed by atoms with van der Waals surface area (Å²) < 4.78 is 28.4. The van der Waals surface area contributed by atoms with Crippen LogP contribution in [0.5, 0.6) is 0 Å². The van der Waals surface area contributed by atoms with Crippen LogP contribution in [-0.2, 0) is 10.1 Å². The number of aliphatic hydroxyl groups is 1. The molecule has 0 aromatic heterocycles. The molecule has 1 unspecified atom stereocenters. The number of aliphatic hydroxyl groups excluding tert-OH is 1. The second kappa shape index (κ2) is 3.90. The predicted octanol–water partition coefficient (Wildman–Crippen LogP) is -0.293. The predicted molar refractivity (Wildman–Crippen MR) is 37.0 cm³/mol. The maximum atomic E-state index is 10.1. The van der Waals surface area contributed by atoms with Gasteiger partial charge in [-0.1, -0.05) is 6.92 Å². The highest BCUT2D eigenvalue weighted by molar-refractivity contribution is 7.85. The summed E-state index contributed by atoms with van der Waals surface area (Å²) in [6.07, 6.45) is 1.34. The smallest absolute Gasteiger partial charge is 0.265 e. The van der Waals surface area contributed by atoms with Crippen LogP contribution in [0.15, 0.2) is 0 Å². The van der Waals surface area contributed by atoms with E-state index in [1.807, 2.05) is 0 Å². The zero-order chi connectivity index (χ0) is 8.20. The molecule has 0 amide bonds. The topological polar surface area (TPSA) is 74.6 Å². The zero-order valence-electron chi connectivity index (χ0n) is 5.69. The molecule has 0 rings (SSSR count). The minimum absolute atomic E-state index is 0.102. The number of hydrogen-bond donors (Lipinski definition) is 2. The molecular weight excluding hydrogens is 156 g/mol. The maximum Gasteiger partial charge on any atom is 0.265 e. The SMILES string of the molecule is CC([CH]CS(=O)(=O)O)CO. The van der Waals surface area contributed by atoms with Crippen molar-refractivity contribution in [3.63, 3.8) is 0 Å². The van der Waals surface area contributed by atoms with Crippen molar-refractivity contribution >= 4 is 10.1 Å². The van der Waals surface area contributed by atoms with Gasteiger partial charge in [-0.25, -0.2) is 0 Å². The molecular formula is C5H11O4S. The highest BCUT2D eigenvalue weighted by Gasteiger charge is 2.07. The van der Waals surface area contributed by atoms with Crippen molar-refractivity contribution in [3.8, 4) is 0 Å². The van der Waals surface area contributed by atoms with E-state index >= 15 is 0 Å². The maximum absolute atomic E-state index is 10.1. The van der Waals surface area contributed by atoms with Gasteiger partial charge < -0.3 is 5.11 Å². The first-order valence-corrected chi connectivity index (χ1v) is 4.46. The molecule has 0 saturated heterocycles. The molecule has 10 heavy (non-hydrogen) atoms. The third-order valence-electron chi connectivity index (χ3n) is 0.997. The molecule has 1 atom stereocenters. The second-order valence-electron chi connectivity index (χ2n) is 2.14. The summed E-state index contributed by atoms with van der Waals surface area (Å²) in [6, 6.07) is 0. The fourth-order valence-electron chi connectivity index (χ4n) is 0.360. The lowest BCUT2D eigenvalue weighted by Gasteiger charge is -2.03. The first-order valence-electron chi connectivity index (χ1n) is 2.85. The van der Waals surface area contributed by atoms with E-state index in [0.717, 1.165) is 0 Å². The summed E-state index contributed by atoms with van der Waals surface area (Å²) in [6.45, 7) is 1.56. The number of hydrogen-bond acceptors (Lipinski definition) is 3. The van der Waals surface area contributed by atoms with Gasteiger partial charge in [0, 0.05) is 6.61 Å². The first-order chi connectivity index (χ1) is 4.45. The van der Waals surface area contributed by atoms with Crippen LogP contribution in [0.25, 0.3) is 0 Å². The molecule has 0 spiro atoms. The van der Waals surface area contributed by atoms with Crippen LogP contribution in [0.2, 0.25) is 0 Å². The Hall–Kier alpha value is -0.130. The van der Waals surface area contributed by atoms with E-state index in [0.29, 0.717) is 0 Å². The molecule has 0 aromatic carbocycles. The van der Waals surface area contributed by atoms with Gasteiger partial charge in [0.2, 0.25) is 0 Å². The van der Waals surface area contributed by atoms with E-state index in [1.54, 1.807) is 6.92 Å². The fourth-order valence-corrected chi connectivity index (χ4v) is 0.932. The molecule has 0 saturated carbocycles. The minimum atomic E-state index is -3.90. The molecule has 0 aliphatic heterocycles. The summed E-state index contributed by atoms with van der Waals surface area (Å²) in [4.78, 5) is 0. The van der Waals surface area contributed by atoms with Gasteiger partial charge in [-0.3, -0.25) is 4.55 Å². The summed E-state index contributed by atoms with van der Waals surface area (Å²) in [5.41, 5.74) is 0. The molecule has 5 heteroatoms. The van der Waals surface area contributed by atoms with Crippen LogP contribution in [-0.4, -0.2) is 30.4 Å². The van der Waals surface area contributed by atoms with Gasteiger partial charge in [0.05, 0.1) is 5.75 Å². The second-order valence-corrected chi connectivity index (χ2v) is 3.64. The highest BCUT2D eigenvalue weighted by Crippen LogP contribution is 1.99. The quantitative estimate of drug-likeness (QED) is 0.564. The van der Waals surface area contributed by atoms with Gasteiger partial charge in [0.15, 0.2) is 0 Å². The van der Waals surface area contributed by atoms with Gasteiger partial charge in [-0.05, 0) is 12.3 Å². The average Bonchev–Trinajstić information content (AvgIpc) is 1.81. The Morgan fingerprint density at radius 3 is 2.40 bits per heavy atom. The largest absolute Gasteiger partial charge is 0.396 e. The van der Waals surface area contributed by atoms with E-state index in [1.165, 1.54) is 6.42 Å². The van der Waals surface area contributed by atoms with Gasteiger partial charge in [-0.2, -0.15) is 8.42 Å². The summed E-state index contributed by atoms with van der Waals surface area (Å²) in [5, 5.41) is 8.42. The van der Waals surface area contributed by atoms with Gasteiger partial charge >= 0.3 is 0 Å². The van der Waals surface area contributed by atoms with E-state index < -0.39 is 15.9 Å². The van der Waals surface area contributed by atoms with Crippen LogP contribution < -0.4 is 0 Å². The lowest BCUT2D eigenvalue weighted by molar-refractivity contribution is 0.254. The molecule has 61 valence electrons. The Kier molecular flexibility index (Phi) is 3.85. The van der Waals surface area contributed by atoms with Crippen molar-refractivity contribution in [1.82, 2.24) is 0 Å². The molecule has 2 N–H and O–H groups in total. The molecule has 0 bridgehead atoms. The molecule has 0 fully saturated rings.